The lowest BCUT2D eigenvalue weighted by atomic mass is 10.3. The topological polar surface area (TPSA) is 144 Å². The number of hydrogen-bond donors (Lipinski definition) is 2. The summed E-state index contributed by atoms with van der Waals surface area (Å²) in [5.74, 6) is -1.38. The van der Waals surface area contributed by atoms with Crippen LogP contribution < -0.4 is 10.9 Å². The Morgan fingerprint density at radius 2 is 2.12 bits per heavy atom. The first-order valence-corrected chi connectivity index (χ1v) is 7.95. The number of ether oxygens (including phenoxy) is 1. The van der Waals surface area contributed by atoms with E-state index in [1.165, 1.54) is 30.5 Å². The highest BCUT2D eigenvalue weighted by atomic mass is 32.1. The van der Waals surface area contributed by atoms with E-state index < -0.39 is 23.4 Å². The molecule has 0 saturated carbocycles. The van der Waals surface area contributed by atoms with Gasteiger partial charge in [0.05, 0.1) is 20.7 Å². The van der Waals surface area contributed by atoms with E-state index in [9.17, 15) is 24.5 Å². The molecule has 3 rings (SSSR count). The molecular weight excluding hydrogens is 364 g/mol. The summed E-state index contributed by atoms with van der Waals surface area (Å²) in [6.07, 6.45) is 1.18. The molecule has 10 nitrogen and oxygen atoms in total. The third-order valence-electron chi connectivity index (χ3n) is 3.18. The van der Waals surface area contributed by atoms with Gasteiger partial charge in [0.25, 0.3) is 11.6 Å². The lowest BCUT2D eigenvalue weighted by Gasteiger charge is -2.04. The SMILES string of the molecule is O=C(COC(=O)c1ccc(=O)[nH]c1)Nc1nc2ccc([N+](=O)[O-])cc2s1. The van der Waals surface area contributed by atoms with E-state index in [-0.39, 0.29) is 21.9 Å². The Morgan fingerprint density at radius 1 is 1.31 bits per heavy atom. The molecule has 26 heavy (non-hydrogen) atoms. The van der Waals surface area contributed by atoms with Gasteiger partial charge in [-0.3, -0.25) is 25.0 Å². The lowest BCUT2D eigenvalue weighted by molar-refractivity contribution is -0.384. The van der Waals surface area contributed by atoms with Crippen molar-refractivity contribution in [3.05, 3.63) is 62.6 Å². The average molecular weight is 374 g/mol. The zero-order valence-electron chi connectivity index (χ0n) is 12.9. The smallest absolute Gasteiger partial charge is 0.340 e. The molecule has 0 aliphatic rings. The maximum Gasteiger partial charge on any atom is 0.340 e. The highest BCUT2D eigenvalue weighted by Gasteiger charge is 2.14. The van der Waals surface area contributed by atoms with Gasteiger partial charge < -0.3 is 9.72 Å². The van der Waals surface area contributed by atoms with Crippen molar-refractivity contribution < 1.29 is 19.2 Å². The maximum absolute atomic E-state index is 11.9. The molecule has 2 heterocycles. The molecule has 3 aromatic rings. The Bertz CT molecular complexity index is 1050. The van der Waals surface area contributed by atoms with Crippen LogP contribution in [0.15, 0.2) is 41.3 Å². The molecule has 0 aliphatic carbocycles. The molecule has 132 valence electrons. The van der Waals surface area contributed by atoms with Crippen LogP contribution in [0.4, 0.5) is 10.8 Å². The van der Waals surface area contributed by atoms with Gasteiger partial charge in [-0.15, -0.1) is 0 Å². The molecule has 0 unspecified atom stereocenters. The summed E-state index contributed by atoms with van der Waals surface area (Å²) in [6, 6.07) is 6.60. The van der Waals surface area contributed by atoms with Gasteiger partial charge in [-0.2, -0.15) is 0 Å². The van der Waals surface area contributed by atoms with Crippen LogP contribution in [0.2, 0.25) is 0 Å². The Labute approximate surface area is 148 Å². The second kappa shape index (κ2) is 7.11. The molecule has 0 saturated heterocycles. The Balaban J connectivity index is 1.61. The van der Waals surface area contributed by atoms with Crippen molar-refractivity contribution in [3.8, 4) is 0 Å². The summed E-state index contributed by atoms with van der Waals surface area (Å²) in [7, 11) is 0. The number of rotatable bonds is 5. The number of non-ortho nitro benzene ring substituents is 1. The number of aromatic nitrogens is 2. The minimum Gasteiger partial charge on any atom is -0.452 e. The molecule has 1 aromatic carbocycles. The van der Waals surface area contributed by atoms with Crippen LogP contribution in [0.25, 0.3) is 10.2 Å². The molecule has 1 amide bonds. The Hall–Kier alpha value is -3.60. The summed E-state index contributed by atoms with van der Waals surface area (Å²) in [5.41, 5.74) is 0.162. The van der Waals surface area contributed by atoms with Gasteiger partial charge in [-0.25, -0.2) is 9.78 Å². The number of H-pyrrole nitrogens is 1. The number of nitrogens with one attached hydrogen (secondary N) is 2. The molecule has 0 aliphatic heterocycles. The first kappa shape index (κ1) is 17.2. The van der Waals surface area contributed by atoms with E-state index >= 15 is 0 Å². The number of aromatic amines is 1. The second-order valence-electron chi connectivity index (χ2n) is 4.99. The highest BCUT2D eigenvalue weighted by Crippen LogP contribution is 2.29. The van der Waals surface area contributed by atoms with E-state index in [4.69, 9.17) is 4.74 Å². The van der Waals surface area contributed by atoms with Crippen molar-refractivity contribution in [3.63, 3.8) is 0 Å². The van der Waals surface area contributed by atoms with Crippen LogP contribution >= 0.6 is 11.3 Å². The number of nitro benzene ring substituents is 1. The number of esters is 1. The normalized spacial score (nSPS) is 10.5. The van der Waals surface area contributed by atoms with Crippen LogP contribution in [-0.4, -0.2) is 33.4 Å². The number of nitro groups is 1. The summed E-state index contributed by atoms with van der Waals surface area (Å²) in [6.45, 7) is -0.548. The molecule has 0 spiro atoms. The predicted octanol–water partition coefficient (Wildman–Crippen LogP) is 1.69. The van der Waals surface area contributed by atoms with E-state index in [1.54, 1.807) is 0 Å². The van der Waals surface area contributed by atoms with Crippen molar-refractivity contribution in [2.75, 3.05) is 11.9 Å². The van der Waals surface area contributed by atoms with Gasteiger partial charge in [0.2, 0.25) is 5.56 Å². The third kappa shape index (κ3) is 3.89. The van der Waals surface area contributed by atoms with Crippen molar-refractivity contribution >= 4 is 44.2 Å². The first-order valence-electron chi connectivity index (χ1n) is 7.13. The molecule has 0 atom stereocenters. The van der Waals surface area contributed by atoms with Crippen LogP contribution in [-0.2, 0) is 9.53 Å². The zero-order valence-corrected chi connectivity index (χ0v) is 13.7. The fourth-order valence-corrected chi connectivity index (χ4v) is 2.90. The third-order valence-corrected chi connectivity index (χ3v) is 4.12. The van der Waals surface area contributed by atoms with Gasteiger partial charge >= 0.3 is 5.97 Å². The molecule has 2 N–H and O–H groups in total. The summed E-state index contributed by atoms with van der Waals surface area (Å²) < 4.78 is 5.38. The molecular formula is C15H10N4O6S. The van der Waals surface area contributed by atoms with Crippen LogP contribution in [0.3, 0.4) is 0 Å². The van der Waals surface area contributed by atoms with Gasteiger partial charge in [0.1, 0.15) is 0 Å². The minimum absolute atomic E-state index is 0.0751. The Morgan fingerprint density at radius 3 is 2.81 bits per heavy atom. The summed E-state index contributed by atoms with van der Waals surface area (Å²) in [5, 5.41) is 13.5. The van der Waals surface area contributed by atoms with Crippen molar-refractivity contribution in [2.45, 2.75) is 0 Å². The number of fused-ring (bicyclic) bond motifs is 1. The molecule has 0 fully saturated rings. The fraction of sp³-hybridized carbons (Fsp3) is 0.0667. The number of thiazole rings is 1. The standard InChI is InChI=1S/C15H10N4O6S/c20-12-4-1-8(6-16-12)14(22)25-7-13(21)18-15-17-10-3-2-9(19(23)24)5-11(10)26-15/h1-6H,7H2,(H,16,20)(H,17,18,21). The molecule has 0 bridgehead atoms. The number of nitrogens with zero attached hydrogens (tertiary/aromatic N) is 2. The lowest BCUT2D eigenvalue weighted by Crippen LogP contribution is -2.21. The monoisotopic (exact) mass is 374 g/mol. The minimum atomic E-state index is -0.767. The quantitative estimate of drug-likeness (QED) is 0.393. The van der Waals surface area contributed by atoms with Crippen molar-refractivity contribution in [2.24, 2.45) is 0 Å². The number of hydrogen-bond acceptors (Lipinski definition) is 8. The summed E-state index contributed by atoms with van der Waals surface area (Å²) >= 11 is 1.06. The predicted molar refractivity (Wildman–Crippen MR) is 92.2 cm³/mol. The Kier molecular flexibility index (Phi) is 4.71. The molecule has 2 aromatic heterocycles. The van der Waals surface area contributed by atoms with Crippen molar-refractivity contribution in [1.82, 2.24) is 9.97 Å². The van der Waals surface area contributed by atoms with Gasteiger partial charge in [-0.05, 0) is 12.1 Å². The summed E-state index contributed by atoms with van der Waals surface area (Å²) in [4.78, 5) is 51.3. The van der Waals surface area contributed by atoms with E-state index in [0.717, 1.165) is 17.4 Å². The number of pyridine rings is 1. The van der Waals surface area contributed by atoms with Crippen LogP contribution in [0, 0.1) is 10.1 Å². The van der Waals surface area contributed by atoms with Crippen molar-refractivity contribution in [1.29, 1.82) is 0 Å². The van der Waals surface area contributed by atoms with E-state index in [0.29, 0.717) is 10.2 Å². The number of carbonyl (C=O) groups excluding carboxylic acids is 2. The zero-order chi connectivity index (χ0) is 18.7. The number of carbonyl (C=O) groups is 2. The van der Waals surface area contributed by atoms with Gasteiger partial charge in [-0.1, -0.05) is 11.3 Å². The number of amides is 1. The van der Waals surface area contributed by atoms with Crippen LogP contribution in [0.1, 0.15) is 10.4 Å². The first-order chi connectivity index (χ1) is 12.4. The largest absolute Gasteiger partial charge is 0.452 e. The fourth-order valence-electron chi connectivity index (χ4n) is 1.99. The van der Waals surface area contributed by atoms with E-state index in [1.807, 2.05) is 0 Å². The number of benzene rings is 1. The van der Waals surface area contributed by atoms with E-state index in [2.05, 4.69) is 15.3 Å². The number of anilines is 1. The van der Waals surface area contributed by atoms with Gasteiger partial charge in [0, 0.05) is 24.4 Å². The highest BCUT2D eigenvalue weighted by molar-refractivity contribution is 7.22. The maximum atomic E-state index is 11.9. The average Bonchev–Trinajstić information content (AvgIpc) is 3.01. The van der Waals surface area contributed by atoms with Gasteiger partial charge in [0.15, 0.2) is 11.7 Å². The van der Waals surface area contributed by atoms with Crippen LogP contribution in [0.5, 0.6) is 0 Å². The molecule has 0 radical (unpaired) electrons. The second-order valence-corrected chi connectivity index (χ2v) is 6.02. The molecule has 11 heteroatoms.